The van der Waals surface area contributed by atoms with E-state index in [2.05, 4.69) is 0 Å². The number of halogens is 2. The Morgan fingerprint density at radius 2 is 1.85 bits per heavy atom. The Morgan fingerprint density at radius 3 is 2.15 bits per heavy atom. The third-order valence-electron chi connectivity index (χ3n) is 1.56. The van der Waals surface area contributed by atoms with Gasteiger partial charge in [0.2, 0.25) is 0 Å². The lowest BCUT2D eigenvalue weighted by molar-refractivity contribution is 0.101. The third kappa shape index (κ3) is 2.00. The molecule has 0 radical (unpaired) electrons. The number of carbonyl (C=O) groups excluding carboxylic acids is 1. The summed E-state index contributed by atoms with van der Waals surface area (Å²) in [6.07, 6.45) is 0. The standard InChI is InChI=1S/C9H5Cl2NO/c1-5(13)6-2-8(10)7(4-12)9(11)3-6/h2-3H,1H3. The summed E-state index contributed by atoms with van der Waals surface area (Å²) in [5.41, 5.74) is 0.613. The van der Waals surface area contributed by atoms with Crippen molar-refractivity contribution in [1.29, 1.82) is 5.26 Å². The van der Waals surface area contributed by atoms with Gasteiger partial charge in [0.25, 0.3) is 0 Å². The van der Waals surface area contributed by atoms with Crippen LogP contribution in [-0.2, 0) is 0 Å². The molecule has 66 valence electrons. The van der Waals surface area contributed by atoms with Crippen molar-refractivity contribution in [3.8, 4) is 6.07 Å². The summed E-state index contributed by atoms with van der Waals surface area (Å²) in [6, 6.07) is 4.73. The van der Waals surface area contributed by atoms with E-state index in [1.807, 2.05) is 6.07 Å². The van der Waals surface area contributed by atoms with Gasteiger partial charge in [-0.25, -0.2) is 0 Å². The Morgan fingerprint density at radius 1 is 1.38 bits per heavy atom. The van der Waals surface area contributed by atoms with Crippen molar-refractivity contribution in [1.82, 2.24) is 0 Å². The number of ketones is 1. The number of Topliss-reactive ketones (excluding diaryl/α,β-unsaturated/α-hetero) is 1. The first-order valence-electron chi connectivity index (χ1n) is 3.46. The van der Waals surface area contributed by atoms with Gasteiger partial charge >= 0.3 is 0 Å². The van der Waals surface area contributed by atoms with E-state index in [-0.39, 0.29) is 21.4 Å². The first-order valence-corrected chi connectivity index (χ1v) is 4.22. The molecule has 0 aliphatic carbocycles. The summed E-state index contributed by atoms with van der Waals surface area (Å²) >= 11 is 11.4. The zero-order chi connectivity index (χ0) is 10.0. The smallest absolute Gasteiger partial charge is 0.159 e. The molecule has 4 heteroatoms. The van der Waals surface area contributed by atoms with Crippen molar-refractivity contribution in [2.45, 2.75) is 6.92 Å². The number of hydrogen-bond acceptors (Lipinski definition) is 2. The highest BCUT2D eigenvalue weighted by atomic mass is 35.5. The van der Waals surface area contributed by atoms with Crippen molar-refractivity contribution < 1.29 is 4.79 Å². The van der Waals surface area contributed by atoms with Crippen LogP contribution in [0.15, 0.2) is 12.1 Å². The maximum absolute atomic E-state index is 10.9. The number of rotatable bonds is 1. The van der Waals surface area contributed by atoms with Gasteiger partial charge in [-0.3, -0.25) is 4.79 Å². The average molecular weight is 214 g/mol. The zero-order valence-electron chi connectivity index (χ0n) is 6.77. The minimum absolute atomic E-state index is 0.131. The lowest BCUT2D eigenvalue weighted by Gasteiger charge is -2.01. The quantitative estimate of drug-likeness (QED) is 0.674. The molecule has 0 N–H and O–H groups in total. The van der Waals surface area contributed by atoms with Crippen molar-refractivity contribution in [2.75, 3.05) is 0 Å². The highest BCUT2D eigenvalue weighted by Gasteiger charge is 2.09. The fourth-order valence-electron chi connectivity index (χ4n) is 0.883. The average Bonchev–Trinajstić information content (AvgIpc) is 2.03. The summed E-state index contributed by atoms with van der Waals surface area (Å²) < 4.78 is 0. The topological polar surface area (TPSA) is 40.9 Å². The minimum Gasteiger partial charge on any atom is -0.295 e. The first kappa shape index (κ1) is 10.0. The van der Waals surface area contributed by atoms with Gasteiger partial charge in [-0.1, -0.05) is 23.2 Å². The maximum atomic E-state index is 10.9. The van der Waals surface area contributed by atoms with Crippen LogP contribution in [0.4, 0.5) is 0 Å². The Balaban J connectivity index is 3.39. The molecular formula is C9H5Cl2NO. The maximum Gasteiger partial charge on any atom is 0.159 e. The summed E-state index contributed by atoms with van der Waals surface area (Å²) in [5, 5.41) is 9.04. The molecule has 0 aliphatic heterocycles. The van der Waals surface area contributed by atoms with E-state index in [9.17, 15) is 4.79 Å². The Bertz CT molecular complexity index is 384. The molecule has 0 atom stereocenters. The molecule has 0 unspecified atom stereocenters. The first-order chi connectivity index (χ1) is 6.06. The lowest BCUT2D eigenvalue weighted by atomic mass is 10.1. The fourth-order valence-corrected chi connectivity index (χ4v) is 1.45. The molecular weight excluding hydrogens is 209 g/mol. The highest BCUT2D eigenvalue weighted by molar-refractivity contribution is 6.37. The van der Waals surface area contributed by atoms with E-state index >= 15 is 0 Å². The van der Waals surface area contributed by atoms with Crippen LogP contribution in [0.2, 0.25) is 10.0 Å². The fraction of sp³-hybridized carbons (Fsp3) is 0.111. The van der Waals surface area contributed by atoms with Crippen LogP contribution in [0.1, 0.15) is 22.8 Å². The Labute approximate surface area is 85.7 Å². The molecule has 0 amide bonds. The molecule has 0 bridgehead atoms. The van der Waals surface area contributed by atoms with Crippen molar-refractivity contribution in [3.63, 3.8) is 0 Å². The molecule has 0 aromatic heterocycles. The number of nitriles is 1. The predicted octanol–water partition coefficient (Wildman–Crippen LogP) is 3.07. The number of benzene rings is 1. The van der Waals surface area contributed by atoms with E-state index in [0.717, 1.165) is 0 Å². The van der Waals surface area contributed by atoms with E-state index in [1.54, 1.807) is 0 Å². The molecule has 0 saturated heterocycles. The van der Waals surface area contributed by atoms with Gasteiger partial charge in [-0.05, 0) is 19.1 Å². The van der Waals surface area contributed by atoms with E-state index in [1.165, 1.54) is 19.1 Å². The van der Waals surface area contributed by atoms with Crippen molar-refractivity contribution in [2.24, 2.45) is 0 Å². The largest absolute Gasteiger partial charge is 0.295 e. The molecule has 1 aromatic rings. The van der Waals surface area contributed by atoms with Crippen LogP contribution in [0.3, 0.4) is 0 Å². The van der Waals surface area contributed by atoms with Crippen LogP contribution >= 0.6 is 23.2 Å². The number of nitrogens with zero attached hydrogens (tertiary/aromatic N) is 1. The van der Waals surface area contributed by atoms with Gasteiger partial charge in [0.15, 0.2) is 5.78 Å². The van der Waals surface area contributed by atoms with Gasteiger partial charge in [0.05, 0.1) is 15.6 Å². The lowest BCUT2D eigenvalue weighted by Crippen LogP contribution is -1.93. The third-order valence-corrected chi connectivity index (χ3v) is 2.16. The molecule has 1 aromatic carbocycles. The van der Waals surface area contributed by atoms with Gasteiger partial charge in [0.1, 0.15) is 6.07 Å². The molecule has 0 heterocycles. The molecule has 0 saturated carbocycles. The molecule has 0 fully saturated rings. The monoisotopic (exact) mass is 213 g/mol. The SMILES string of the molecule is CC(=O)c1cc(Cl)c(C#N)c(Cl)c1. The van der Waals surface area contributed by atoms with Crippen LogP contribution < -0.4 is 0 Å². The number of hydrogen-bond donors (Lipinski definition) is 0. The Kier molecular flexibility index (Phi) is 2.92. The second kappa shape index (κ2) is 3.78. The summed E-state index contributed by atoms with van der Waals surface area (Å²) in [6.45, 7) is 1.41. The molecule has 2 nitrogen and oxygen atoms in total. The van der Waals surface area contributed by atoms with Crippen LogP contribution in [0, 0.1) is 11.3 Å². The van der Waals surface area contributed by atoms with Crippen LogP contribution in [-0.4, -0.2) is 5.78 Å². The van der Waals surface area contributed by atoms with Gasteiger partial charge in [-0.2, -0.15) is 5.26 Å². The summed E-state index contributed by atoms with van der Waals surface area (Å²) in [4.78, 5) is 10.9. The van der Waals surface area contributed by atoms with Crippen LogP contribution in [0.25, 0.3) is 0 Å². The van der Waals surface area contributed by atoms with Gasteiger partial charge in [0, 0.05) is 5.56 Å². The molecule has 13 heavy (non-hydrogen) atoms. The second-order valence-electron chi connectivity index (χ2n) is 2.48. The van der Waals surface area contributed by atoms with Crippen molar-refractivity contribution >= 4 is 29.0 Å². The van der Waals surface area contributed by atoms with E-state index < -0.39 is 0 Å². The molecule has 0 aliphatic rings. The summed E-state index contributed by atoms with van der Waals surface area (Å²) in [7, 11) is 0. The second-order valence-corrected chi connectivity index (χ2v) is 3.30. The van der Waals surface area contributed by atoms with Crippen LogP contribution in [0.5, 0.6) is 0 Å². The van der Waals surface area contributed by atoms with E-state index in [4.69, 9.17) is 28.5 Å². The summed E-state index contributed by atoms with van der Waals surface area (Å²) in [5.74, 6) is -0.131. The molecule has 0 spiro atoms. The predicted molar refractivity (Wildman–Crippen MR) is 51.2 cm³/mol. The minimum atomic E-state index is -0.131. The number of carbonyl (C=O) groups is 1. The normalized spacial score (nSPS) is 9.38. The van der Waals surface area contributed by atoms with E-state index in [0.29, 0.717) is 5.56 Å². The zero-order valence-corrected chi connectivity index (χ0v) is 8.28. The van der Waals surface area contributed by atoms with Gasteiger partial charge < -0.3 is 0 Å². The van der Waals surface area contributed by atoms with Gasteiger partial charge in [-0.15, -0.1) is 0 Å². The van der Waals surface area contributed by atoms with Crippen molar-refractivity contribution in [3.05, 3.63) is 33.3 Å². The Hall–Kier alpha value is -1.04. The molecule has 1 rings (SSSR count). The highest BCUT2D eigenvalue weighted by Crippen LogP contribution is 2.25.